The SMILES string of the molecule is CN=C(NCC(=O)N1CCCc2ccccc21)NC1CCN(C2CCCC2)C1. The molecule has 1 unspecified atom stereocenters. The quantitative estimate of drug-likeness (QED) is 0.618. The third kappa shape index (κ3) is 4.32. The predicted molar refractivity (Wildman–Crippen MR) is 114 cm³/mol. The van der Waals surface area contributed by atoms with Gasteiger partial charge in [0.05, 0.1) is 6.54 Å². The molecule has 1 aromatic rings. The van der Waals surface area contributed by atoms with Crippen LogP contribution in [0.2, 0.25) is 0 Å². The van der Waals surface area contributed by atoms with Gasteiger partial charge >= 0.3 is 0 Å². The second-order valence-corrected chi connectivity index (χ2v) is 8.27. The molecule has 1 saturated carbocycles. The smallest absolute Gasteiger partial charge is 0.246 e. The van der Waals surface area contributed by atoms with Gasteiger partial charge in [0.15, 0.2) is 5.96 Å². The Hall–Kier alpha value is -2.08. The van der Waals surface area contributed by atoms with Crippen LogP contribution in [0.25, 0.3) is 0 Å². The molecule has 6 nitrogen and oxygen atoms in total. The van der Waals surface area contributed by atoms with Gasteiger partial charge in [0.1, 0.15) is 0 Å². The molecule has 28 heavy (non-hydrogen) atoms. The molecule has 0 radical (unpaired) electrons. The Labute approximate surface area is 168 Å². The van der Waals surface area contributed by atoms with E-state index < -0.39 is 0 Å². The number of hydrogen-bond acceptors (Lipinski definition) is 3. The molecular weight excluding hydrogens is 350 g/mol. The molecule has 6 heteroatoms. The molecule has 0 bridgehead atoms. The number of carbonyl (C=O) groups excluding carboxylic acids is 1. The zero-order valence-electron chi connectivity index (χ0n) is 17.0. The number of likely N-dealkylation sites (tertiary alicyclic amines) is 1. The van der Waals surface area contributed by atoms with Crippen molar-refractivity contribution in [2.75, 3.05) is 38.1 Å². The Morgan fingerprint density at radius 2 is 1.96 bits per heavy atom. The van der Waals surface area contributed by atoms with Crippen LogP contribution in [-0.4, -0.2) is 62.1 Å². The molecule has 2 fully saturated rings. The molecule has 1 saturated heterocycles. The van der Waals surface area contributed by atoms with Crippen molar-refractivity contribution in [1.82, 2.24) is 15.5 Å². The zero-order valence-corrected chi connectivity index (χ0v) is 17.0. The molecule has 1 amide bonds. The number of nitrogens with zero attached hydrogens (tertiary/aromatic N) is 3. The third-order valence-corrected chi connectivity index (χ3v) is 6.44. The van der Waals surface area contributed by atoms with E-state index in [4.69, 9.17) is 0 Å². The van der Waals surface area contributed by atoms with Gasteiger partial charge in [-0.25, -0.2) is 0 Å². The minimum absolute atomic E-state index is 0.106. The van der Waals surface area contributed by atoms with E-state index in [1.165, 1.54) is 37.8 Å². The summed E-state index contributed by atoms with van der Waals surface area (Å²) in [7, 11) is 1.78. The maximum Gasteiger partial charge on any atom is 0.246 e. The lowest BCUT2D eigenvalue weighted by atomic mass is 10.0. The normalized spacial score (nSPS) is 23.7. The van der Waals surface area contributed by atoms with Gasteiger partial charge < -0.3 is 15.5 Å². The summed E-state index contributed by atoms with van der Waals surface area (Å²) < 4.78 is 0. The number of aryl methyl sites for hydroxylation is 1. The van der Waals surface area contributed by atoms with E-state index in [0.29, 0.717) is 6.04 Å². The van der Waals surface area contributed by atoms with Crippen LogP contribution in [0.1, 0.15) is 44.1 Å². The number of anilines is 1. The largest absolute Gasteiger partial charge is 0.352 e. The lowest BCUT2D eigenvalue weighted by molar-refractivity contribution is -0.117. The van der Waals surface area contributed by atoms with Crippen molar-refractivity contribution in [1.29, 1.82) is 0 Å². The van der Waals surface area contributed by atoms with Gasteiger partial charge in [0.2, 0.25) is 5.91 Å². The van der Waals surface area contributed by atoms with Crippen LogP contribution >= 0.6 is 0 Å². The third-order valence-electron chi connectivity index (χ3n) is 6.44. The van der Waals surface area contributed by atoms with Crippen LogP contribution in [0, 0.1) is 0 Å². The topological polar surface area (TPSA) is 60.0 Å². The molecule has 4 rings (SSSR count). The average Bonchev–Trinajstić information content (AvgIpc) is 3.42. The summed E-state index contributed by atoms with van der Waals surface area (Å²) in [5, 5.41) is 6.76. The highest BCUT2D eigenvalue weighted by Gasteiger charge is 2.30. The van der Waals surface area contributed by atoms with E-state index in [9.17, 15) is 4.79 Å². The summed E-state index contributed by atoms with van der Waals surface area (Å²) in [6.07, 6.45) is 8.68. The molecule has 0 spiro atoms. The first kappa shape index (κ1) is 19.2. The Kier molecular flexibility index (Phi) is 6.15. The maximum absolute atomic E-state index is 12.8. The molecule has 152 valence electrons. The number of fused-ring (bicyclic) bond motifs is 1. The van der Waals surface area contributed by atoms with Crippen LogP contribution < -0.4 is 15.5 Å². The van der Waals surface area contributed by atoms with Gasteiger partial charge in [0.25, 0.3) is 0 Å². The Balaban J connectivity index is 1.27. The first-order chi connectivity index (χ1) is 13.7. The number of carbonyl (C=O) groups is 1. The first-order valence-electron chi connectivity index (χ1n) is 10.8. The van der Waals surface area contributed by atoms with Crippen molar-refractivity contribution in [2.24, 2.45) is 4.99 Å². The fourth-order valence-corrected chi connectivity index (χ4v) is 4.94. The number of guanidine groups is 1. The maximum atomic E-state index is 12.8. The second-order valence-electron chi connectivity index (χ2n) is 8.27. The minimum Gasteiger partial charge on any atom is -0.352 e. The van der Waals surface area contributed by atoms with Gasteiger partial charge in [-0.1, -0.05) is 31.0 Å². The van der Waals surface area contributed by atoms with Crippen molar-refractivity contribution in [3.8, 4) is 0 Å². The summed E-state index contributed by atoms with van der Waals surface area (Å²) in [4.78, 5) is 21.7. The highest BCUT2D eigenvalue weighted by Crippen LogP contribution is 2.27. The Morgan fingerprint density at radius 3 is 2.79 bits per heavy atom. The van der Waals surface area contributed by atoms with Crippen molar-refractivity contribution in [3.05, 3.63) is 29.8 Å². The van der Waals surface area contributed by atoms with Crippen LogP contribution in [0.4, 0.5) is 5.69 Å². The summed E-state index contributed by atoms with van der Waals surface area (Å²) in [5.74, 6) is 0.839. The minimum atomic E-state index is 0.106. The highest BCUT2D eigenvalue weighted by atomic mass is 16.2. The number of hydrogen-bond donors (Lipinski definition) is 2. The second kappa shape index (κ2) is 8.95. The predicted octanol–water partition coefficient (Wildman–Crippen LogP) is 2.15. The van der Waals surface area contributed by atoms with E-state index in [2.05, 4.69) is 32.7 Å². The van der Waals surface area contributed by atoms with E-state index in [-0.39, 0.29) is 12.5 Å². The summed E-state index contributed by atoms with van der Waals surface area (Å²) in [6.45, 7) is 3.32. The molecule has 1 aliphatic carbocycles. The fourth-order valence-electron chi connectivity index (χ4n) is 4.94. The van der Waals surface area contributed by atoms with Crippen LogP contribution in [-0.2, 0) is 11.2 Å². The zero-order chi connectivity index (χ0) is 19.3. The van der Waals surface area contributed by atoms with Crippen molar-refractivity contribution in [2.45, 2.75) is 57.0 Å². The summed E-state index contributed by atoms with van der Waals surface area (Å²) in [6, 6.07) is 9.43. The van der Waals surface area contributed by atoms with Gasteiger partial charge in [-0.3, -0.25) is 14.7 Å². The molecular formula is C22H33N5O. The van der Waals surface area contributed by atoms with E-state index in [1.807, 2.05) is 17.0 Å². The molecule has 0 aromatic heterocycles. The van der Waals surface area contributed by atoms with Crippen molar-refractivity contribution in [3.63, 3.8) is 0 Å². The highest BCUT2D eigenvalue weighted by molar-refractivity contribution is 5.98. The molecule has 1 aromatic carbocycles. The van der Waals surface area contributed by atoms with Crippen LogP contribution in [0.5, 0.6) is 0 Å². The van der Waals surface area contributed by atoms with Gasteiger partial charge in [-0.05, 0) is 43.7 Å². The molecule has 2 aliphatic heterocycles. The van der Waals surface area contributed by atoms with Gasteiger partial charge in [-0.2, -0.15) is 0 Å². The standard InChI is InChI=1S/C22H33N5O/c1-23-22(25-18-12-14-26(16-18)19-9-3-4-10-19)24-15-21(28)27-13-6-8-17-7-2-5-11-20(17)27/h2,5,7,11,18-19H,3-4,6,8-10,12-16H2,1H3,(H2,23,24,25). The van der Waals surface area contributed by atoms with Crippen molar-refractivity contribution < 1.29 is 4.79 Å². The van der Waals surface area contributed by atoms with Gasteiger partial charge in [0, 0.05) is 44.5 Å². The van der Waals surface area contributed by atoms with E-state index in [1.54, 1.807) is 7.05 Å². The fraction of sp³-hybridized carbons (Fsp3) is 0.636. The summed E-state index contributed by atoms with van der Waals surface area (Å²) in [5.41, 5.74) is 2.33. The van der Waals surface area contributed by atoms with E-state index >= 15 is 0 Å². The lowest BCUT2D eigenvalue weighted by Gasteiger charge is -2.30. The molecule has 1 atom stereocenters. The Morgan fingerprint density at radius 1 is 1.14 bits per heavy atom. The van der Waals surface area contributed by atoms with Crippen molar-refractivity contribution >= 4 is 17.6 Å². The average molecular weight is 384 g/mol. The lowest BCUT2D eigenvalue weighted by Crippen LogP contribution is -2.49. The molecule has 3 aliphatic rings. The molecule has 2 heterocycles. The summed E-state index contributed by atoms with van der Waals surface area (Å²) >= 11 is 0. The first-order valence-corrected chi connectivity index (χ1v) is 10.8. The van der Waals surface area contributed by atoms with Gasteiger partial charge in [-0.15, -0.1) is 0 Å². The van der Waals surface area contributed by atoms with Crippen LogP contribution in [0.15, 0.2) is 29.3 Å². The number of rotatable bonds is 4. The Bertz CT molecular complexity index is 713. The number of aliphatic imine (C=N–C) groups is 1. The number of benzene rings is 1. The van der Waals surface area contributed by atoms with E-state index in [0.717, 1.165) is 50.0 Å². The molecule has 2 N–H and O–H groups in total. The number of nitrogens with one attached hydrogen (secondary N) is 2. The number of amides is 1. The van der Waals surface area contributed by atoms with Crippen LogP contribution in [0.3, 0.4) is 0 Å². The number of para-hydroxylation sites is 1. The monoisotopic (exact) mass is 383 g/mol.